The first-order valence-electron chi connectivity index (χ1n) is 3.88. The van der Waals surface area contributed by atoms with Gasteiger partial charge in [-0.3, -0.25) is 0 Å². The summed E-state index contributed by atoms with van der Waals surface area (Å²) >= 11 is 0. The second kappa shape index (κ2) is 5.79. The van der Waals surface area contributed by atoms with Crippen molar-refractivity contribution in [3.05, 3.63) is 48.6 Å². The zero-order chi connectivity index (χ0) is 10.3. The van der Waals surface area contributed by atoms with Crippen molar-refractivity contribution in [2.75, 3.05) is 0 Å². The summed E-state index contributed by atoms with van der Waals surface area (Å²) < 4.78 is 0. The maximum Gasteiger partial charge on any atom is 0.0606 e. The lowest BCUT2D eigenvalue weighted by Gasteiger charge is -1.98. The van der Waals surface area contributed by atoms with Crippen molar-refractivity contribution in [1.82, 2.24) is 0 Å². The van der Waals surface area contributed by atoms with Crippen molar-refractivity contribution in [3.8, 4) is 12.3 Å². The molecular weight excluding hydrogens is 158 g/mol. The molecule has 0 heterocycles. The smallest absolute Gasteiger partial charge is 0.0606 e. The van der Waals surface area contributed by atoms with Crippen molar-refractivity contribution in [2.24, 2.45) is 0 Å². The van der Waals surface area contributed by atoms with Gasteiger partial charge >= 0.3 is 0 Å². The minimum absolute atomic E-state index is 0.324. The predicted molar refractivity (Wildman–Crippen MR) is 58.8 cm³/mol. The lowest BCUT2D eigenvalue weighted by molar-refractivity contribution is 1.50. The van der Waals surface area contributed by atoms with Gasteiger partial charge in [-0.15, -0.1) is 6.42 Å². The molecule has 66 valence electrons. The molecule has 0 aliphatic rings. The Bertz CT molecular complexity index is 322. The third-order valence-electron chi connectivity index (χ3n) is 1.52. The molecule has 0 spiro atoms. The van der Waals surface area contributed by atoms with Crippen LogP contribution in [-0.4, -0.2) is 5.71 Å². The standard InChI is InChI=1S/C12H13N/c1-5-10(6-2)9-11(7-3)12(13)8-4/h1,6-9,13H,3-4H2,2H3/b10-6-,11-9-,13-12?. The van der Waals surface area contributed by atoms with Crippen LogP contribution in [0.15, 0.2) is 48.6 Å². The summed E-state index contributed by atoms with van der Waals surface area (Å²) in [5.74, 6) is 2.50. The van der Waals surface area contributed by atoms with Crippen LogP contribution in [-0.2, 0) is 0 Å². The van der Waals surface area contributed by atoms with Crippen molar-refractivity contribution in [3.63, 3.8) is 0 Å². The van der Waals surface area contributed by atoms with Crippen molar-refractivity contribution in [1.29, 1.82) is 5.41 Å². The summed E-state index contributed by atoms with van der Waals surface area (Å²) in [5, 5.41) is 7.48. The third kappa shape index (κ3) is 3.39. The summed E-state index contributed by atoms with van der Waals surface area (Å²) in [6.45, 7) is 8.95. The quantitative estimate of drug-likeness (QED) is 0.382. The van der Waals surface area contributed by atoms with Crippen molar-refractivity contribution >= 4 is 5.71 Å². The maximum atomic E-state index is 7.48. The molecule has 0 aromatic heterocycles. The highest BCUT2D eigenvalue weighted by atomic mass is 14.4. The van der Waals surface area contributed by atoms with E-state index >= 15 is 0 Å². The fraction of sp³-hybridized carbons (Fsp3) is 0.0833. The first kappa shape index (κ1) is 11.2. The highest BCUT2D eigenvalue weighted by molar-refractivity contribution is 6.08. The SMILES string of the molecule is C#CC(/C=C(/C=C)C(=N)C=C)=C/C. The van der Waals surface area contributed by atoms with Crippen LogP contribution in [0, 0.1) is 17.8 Å². The molecule has 0 aliphatic heterocycles. The summed E-state index contributed by atoms with van der Waals surface area (Å²) in [6.07, 6.45) is 11.8. The molecule has 1 N–H and O–H groups in total. The molecule has 0 bridgehead atoms. The van der Waals surface area contributed by atoms with E-state index in [2.05, 4.69) is 19.1 Å². The van der Waals surface area contributed by atoms with Gasteiger partial charge in [-0.2, -0.15) is 0 Å². The summed E-state index contributed by atoms with van der Waals surface area (Å²) in [4.78, 5) is 0. The molecule has 0 radical (unpaired) electrons. The number of hydrogen-bond donors (Lipinski definition) is 1. The van der Waals surface area contributed by atoms with Crippen LogP contribution in [0.5, 0.6) is 0 Å². The summed E-state index contributed by atoms with van der Waals surface area (Å²) in [5.41, 5.74) is 1.74. The Kier molecular flexibility index (Phi) is 4.99. The molecule has 1 heteroatoms. The molecule has 0 saturated heterocycles. The van der Waals surface area contributed by atoms with E-state index in [1.807, 2.05) is 6.92 Å². The number of allylic oxidation sites excluding steroid dienone is 6. The number of terminal acetylenes is 1. The van der Waals surface area contributed by atoms with Gasteiger partial charge in [-0.05, 0) is 24.6 Å². The zero-order valence-corrected chi connectivity index (χ0v) is 7.80. The Morgan fingerprint density at radius 1 is 1.38 bits per heavy atom. The number of hydrogen-bond acceptors (Lipinski definition) is 1. The van der Waals surface area contributed by atoms with Gasteiger partial charge < -0.3 is 5.41 Å². The van der Waals surface area contributed by atoms with E-state index in [1.165, 1.54) is 6.08 Å². The Balaban J connectivity index is 4.99. The predicted octanol–water partition coefficient (Wildman–Crippen LogP) is 2.88. The van der Waals surface area contributed by atoms with Gasteiger partial charge in [0.05, 0.1) is 5.71 Å². The van der Waals surface area contributed by atoms with Gasteiger partial charge in [0, 0.05) is 5.57 Å². The first-order valence-corrected chi connectivity index (χ1v) is 3.88. The van der Waals surface area contributed by atoms with Gasteiger partial charge in [-0.1, -0.05) is 31.2 Å². The molecule has 0 aromatic rings. The summed E-state index contributed by atoms with van der Waals surface area (Å²) in [6, 6.07) is 0. The zero-order valence-electron chi connectivity index (χ0n) is 7.80. The van der Waals surface area contributed by atoms with E-state index in [0.717, 1.165) is 5.57 Å². The number of rotatable bonds is 4. The first-order chi connectivity index (χ1) is 6.19. The maximum absolute atomic E-state index is 7.48. The highest BCUT2D eigenvalue weighted by Gasteiger charge is 1.96. The molecule has 0 aromatic carbocycles. The van der Waals surface area contributed by atoms with Gasteiger partial charge in [0.1, 0.15) is 0 Å². The van der Waals surface area contributed by atoms with Crippen LogP contribution >= 0.6 is 0 Å². The molecule has 0 aliphatic carbocycles. The van der Waals surface area contributed by atoms with E-state index in [1.54, 1.807) is 18.2 Å². The van der Waals surface area contributed by atoms with Crippen LogP contribution in [0.2, 0.25) is 0 Å². The molecule has 0 unspecified atom stereocenters. The van der Waals surface area contributed by atoms with Crippen LogP contribution < -0.4 is 0 Å². The minimum Gasteiger partial charge on any atom is -0.300 e. The Labute approximate surface area is 79.7 Å². The second-order valence-corrected chi connectivity index (χ2v) is 2.31. The molecule has 13 heavy (non-hydrogen) atoms. The van der Waals surface area contributed by atoms with E-state index in [-0.39, 0.29) is 0 Å². The second-order valence-electron chi connectivity index (χ2n) is 2.31. The van der Waals surface area contributed by atoms with Crippen molar-refractivity contribution in [2.45, 2.75) is 6.92 Å². The molecule has 0 rings (SSSR count). The van der Waals surface area contributed by atoms with Crippen LogP contribution in [0.4, 0.5) is 0 Å². The van der Waals surface area contributed by atoms with E-state index in [9.17, 15) is 0 Å². The van der Waals surface area contributed by atoms with Gasteiger partial charge in [0.25, 0.3) is 0 Å². The average Bonchev–Trinajstić information content (AvgIpc) is 2.19. The van der Waals surface area contributed by atoms with Gasteiger partial charge in [-0.25, -0.2) is 0 Å². The largest absolute Gasteiger partial charge is 0.300 e. The molecule has 0 amide bonds. The number of nitrogens with one attached hydrogen (secondary N) is 1. The molecule has 0 fully saturated rings. The van der Waals surface area contributed by atoms with E-state index < -0.39 is 0 Å². The summed E-state index contributed by atoms with van der Waals surface area (Å²) in [7, 11) is 0. The fourth-order valence-electron chi connectivity index (χ4n) is 0.740. The monoisotopic (exact) mass is 171 g/mol. The molecular formula is C12H13N. The fourth-order valence-corrected chi connectivity index (χ4v) is 0.740. The van der Waals surface area contributed by atoms with Crippen LogP contribution in [0.25, 0.3) is 0 Å². The lowest BCUT2D eigenvalue weighted by Crippen LogP contribution is -1.93. The van der Waals surface area contributed by atoms with Crippen LogP contribution in [0.1, 0.15) is 6.92 Å². The minimum atomic E-state index is 0.324. The van der Waals surface area contributed by atoms with Crippen molar-refractivity contribution < 1.29 is 0 Å². The topological polar surface area (TPSA) is 23.9 Å². The average molecular weight is 171 g/mol. The van der Waals surface area contributed by atoms with Gasteiger partial charge in [0.15, 0.2) is 0 Å². The molecule has 0 saturated carbocycles. The lowest BCUT2D eigenvalue weighted by atomic mass is 10.1. The van der Waals surface area contributed by atoms with E-state index in [4.69, 9.17) is 11.8 Å². The highest BCUT2D eigenvalue weighted by Crippen LogP contribution is 2.05. The molecule has 1 nitrogen and oxygen atoms in total. The van der Waals surface area contributed by atoms with Gasteiger partial charge in [0.2, 0.25) is 0 Å². The normalized spacial score (nSPS) is 11.7. The Morgan fingerprint density at radius 2 is 2.00 bits per heavy atom. The van der Waals surface area contributed by atoms with Crippen LogP contribution in [0.3, 0.4) is 0 Å². The Hall–Kier alpha value is -1.81. The molecule has 0 atom stereocenters. The Morgan fingerprint density at radius 3 is 2.31 bits per heavy atom. The van der Waals surface area contributed by atoms with E-state index in [0.29, 0.717) is 11.3 Å². The third-order valence-corrected chi connectivity index (χ3v) is 1.52.